The molecule has 0 radical (unpaired) electrons. The number of amides is 1. The second-order valence-electron chi connectivity index (χ2n) is 6.24. The molecule has 1 aliphatic heterocycles. The molecule has 0 aromatic heterocycles. The summed E-state index contributed by atoms with van der Waals surface area (Å²) in [6.45, 7) is 4.72. The number of rotatable bonds is 8. The zero-order valence-electron chi connectivity index (χ0n) is 16.5. The molecule has 0 N–H and O–H groups in total. The first-order valence-electron chi connectivity index (χ1n) is 9.31. The minimum atomic E-state index is -0.433. The van der Waals surface area contributed by atoms with E-state index in [1.807, 2.05) is 13.8 Å². The van der Waals surface area contributed by atoms with Gasteiger partial charge in [-0.3, -0.25) is 19.8 Å². The Morgan fingerprint density at radius 2 is 1.93 bits per heavy atom. The van der Waals surface area contributed by atoms with Gasteiger partial charge in [0, 0.05) is 12.6 Å². The van der Waals surface area contributed by atoms with Crippen LogP contribution in [0.1, 0.15) is 25.0 Å². The number of benzene rings is 2. The van der Waals surface area contributed by atoms with Gasteiger partial charge in [0.1, 0.15) is 10.9 Å². The van der Waals surface area contributed by atoms with Gasteiger partial charge in [0.2, 0.25) is 0 Å². The lowest BCUT2D eigenvalue weighted by Crippen LogP contribution is -2.27. The first kappa shape index (κ1) is 21.8. The van der Waals surface area contributed by atoms with Gasteiger partial charge in [-0.05, 0) is 43.7 Å². The molecule has 0 saturated carbocycles. The number of hydrogen-bond acceptors (Lipinski definition) is 7. The first-order chi connectivity index (χ1) is 14.4. The summed E-state index contributed by atoms with van der Waals surface area (Å²) in [7, 11) is 0. The molecular weight excluding hydrogens is 424 g/mol. The maximum absolute atomic E-state index is 12.4. The summed E-state index contributed by atoms with van der Waals surface area (Å²) >= 11 is 6.51. The molecule has 3 rings (SSSR count). The van der Waals surface area contributed by atoms with Gasteiger partial charge in [0.25, 0.3) is 11.6 Å². The normalized spacial score (nSPS) is 15.0. The van der Waals surface area contributed by atoms with Crippen LogP contribution in [-0.4, -0.2) is 33.2 Å². The molecule has 0 unspecified atom stereocenters. The van der Waals surface area contributed by atoms with Crippen LogP contribution in [0.3, 0.4) is 0 Å². The van der Waals surface area contributed by atoms with Crippen molar-refractivity contribution < 1.29 is 19.2 Å². The number of nitrogens with zero attached hydrogens (tertiary/aromatic N) is 2. The van der Waals surface area contributed by atoms with Gasteiger partial charge in [0.15, 0.2) is 11.5 Å². The number of thioether (sulfide) groups is 1. The highest BCUT2D eigenvalue weighted by molar-refractivity contribution is 8.26. The molecule has 30 heavy (non-hydrogen) atoms. The molecule has 1 fully saturated rings. The molecule has 1 aliphatic rings. The smallest absolute Gasteiger partial charge is 0.276 e. The standard InChI is InChI=1S/C21H20N2O5S2/c1-3-22-20(24)19(30-21(22)29)12-14-9-10-17(18(11-14)27-4-2)28-13-15-7-5-6-8-16(15)23(25)26/h5-12H,3-4,13H2,1-2H3/b19-12-. The van der Waals surface area contributed by atoms with Crippen LogP contribution in [0.2, 0.25) is 0 Å². The lowest BCUT2D eigenvalue weighted by molar-refractivity contribution is -0.385. The second-order valence-corrected chi connectivity index (χ2v) is 7.92. The zero-order chi connectivity index (χ0) is 21.7. The van der Waals surface area contributed by atoms with Crippen molar-refractivity contribution in [1.29, 1.82) is 0 Å². The third-order valence-electron chi connectivity index (χ3n) is 4.33. The van der Waals surface area contributed by atoms with E-state index in [9.17, 15) is 14.9 Å². The summed E-state index contributed by atoms with van der Waals surface area (Å²) < 4.78 is 12.0. The zero-order valence-corrected chi connectivity index (χ0v) is 18.1. The quantitative estimate of drug-likeness (QED) is 0.250. The van der Waals surface area contributed by atoms with E-state index in [1.165, 1.54) is 17.8 Å². The van der Waals surface area contributed by atoms with Crippen molar-refractivity contribution in [1.82, 2.24) is 4.90 Å². The van der Waals surface area contributed by atoms with E-state index >= 15 is 0 Å². The molecule has 2 aromatic rings. The van der Waals surface area contributed by atoms with Crippen molar-refractivity contribution in [2.24, 2.45) is 0 Å². The fourth-order valence-corrected chi connectivity index (χ4v) is 4.28. The average Bonchev–Trinajstić information content (AvgIpc) is 3.00. The molecule has 156 valence electrons. The van der Waals surface area contributed by atoms with Crippen LogP contribution in [0.5, 0.6) is 11.5 Å². The van der Waals surface area contributed by atoms with Crippen LogP contribution < -0.4 is 9.47 Å². The number of carbonyl (C=O) groups is 1. The van der Waals surface area contributed by atoms with E-state index in [0.717, 1.165) is 5.56 Å². The molecule has 0 aliphatic carbocycles. The minimum Gasteiger partial charge on any atom is -0.490 e. The molecule has 0 atom stereocenters. The van der Waals surface area contributed by atoms with Gasteiger partial charge in [-0.25, -0.2) is 0 Å². The van der Waals surface area contributed by atoms with Gasteiger partial charge in [0.05, 0.1) is 22.0 Å². The fourth-order valence-electron chi connectivity index (χ4n) is 2.89. The molecule has 2 aromatic carbocycles. The summed E-state index contributed by atoms with van der Waals surface area (Å²) in [6, 6.07) is 11.7. The number of nitro benzene ring substituents is 1. The Morgan fingerprint density at radius 3 is 2.60 bits per heavy atom. The summed E-state index contributed by atoms with van der Waals surface area (Å²) in [5.74, 6) is 0.853. The van der Waals surface area contributed by atoms with Crippen LogP contribution in [0.15, 0.2) is 47.4 Å². The topological polar surface area (TPSA) is 81.9 Å². The Kier molecular flexibility index (Phi) is 7.07. The van der Waals surface area contributed by atoms with Crippen molar-refractivity contribution in [3.63, 3.8) is 0 Å². The number of ether oxygens (including phenoxy) is 2. The second kappa shape index (κ2) is 9.73. The molecule has 1 heterocycles. The van der Waals surface area contributed by atoms with Crippen LogP contribution in [0.4, 0.5) is 5.69 Å². The van der Waals surface area contributed by atoms with Crippen LogP contribution in [0, 0.1) is 10.1 Å². The highest BCUT2D eigenvalue weighted by Gasteiger charge is 2.30. The van der Waals surface area contributed by atoms with Gasteiger partial charge >= 0.3 is 0 Å². The molecular formula is C21H20N2O5S2. The SMILES string of the molecule is CCOc1cc(/C=C2\SC(=S)N(CC)C2=O)ccc1OCc1ccccc1[N+](=O)[O-]. The number of hydrogen-bond donors (Lipinski definition) is 0. The Morgan fingerprint density at radius 1 is 1.17 bits per heavy atom. The number of nitro groups is 1. The monoisotopic (exact) mass is 444 g/mol. The lowest BCUT2D eigenvalue weighted by Gasteiger charge is -2.13. The predicted molar refractivity (Wildman–Crippen MR) is 121 cm³/mol. The summed E-state index contributed by atoms with van der Waals surface area (Å²) in [5.41, 5.74) is 1.25. The van der Waals surface area contributed by atoms with Crippen molar-refractivity contribution >= 4 is 46.0 Å². The largest absolute Gasteiger partial charge is 0.490 e. The minimum absolute atomic E-state index is 0.00466. The van der Waals surface area contributed by atoms with Crippen molar-refractivity contribution in [3.8, 4) is 11.5 Å². The van der Waals surface area contributed by atoms with Crippen LogP contribution in [0.25, 0.3) is 6.08 Å². The van der Waals surface area contributed by atoms with Crippen molar-refractivity contribution in [2.45, 2.75) is 20.5 Å². The number of likely N-dealkylation sites (N-methyl/N-ethyl adjacent to an activating group) is 1. The summed E-state index contributed by atoms with van der Waals surface area (Å²) in [6.07, 6.45) is 1.77. The highest BCUT2D eigenvalue weighted by Crippen LogP contribution is 2.35. The van der Waals surface area contributed by atoms with Crippen molar-refractivity contribution in [3.05, 3.63) is 68.6 Å². The predicted octanol–water partition coefficient (Wildman–Crippen LogP) is 4.79. The molecule has 1 saturated heterocycles. The van der Waals surface area contributed by atoms with Crippen LogP contribution >= 0.6 is 24.0 Å². The Bertz CT molecular complexity index is 1020. The summed E-state index contributed by atoms with van der Waals surface area (Å²) in [5, 5.41) is 11.2. The molecule has 0 spiro atoms. The number of thiocarbonyl (C=S) groups is 1. The van der Waals surface area contributed by atoms with E-state index in [1.54, 1.807) is 47.4 Å². The first-order valence-corrected chi connectivity index (χ1v) is 10.5. The maximum Gasteiger partial charge on any atom is 0.276 e. The molecule has 9 heteroatoms. The van der Waals surface area contributed by atoms with E-state index in [-0.39, 0.29) is 18.2 Å². The Hall–Kier alpha value is -2.91. The van der Waals surface area contributed by atoms with Gasteiger partial charge in [-0.15, -0.1) is 0 Å². The molecule has 0 bridgehead atoms. The van der Waals surface area contributed by atoms with Gasteiger partial charge in [-0.1, -0.05) is 42.2 Å². The third kappa shape index (κ3) is 4.80. The van der Waals surface area contributed by atoms with E-state index < -0.39 is 4.92 Å². The fraction of sp³-hybridized carbons (Fsp3) is 0.238. The molecule has 7 nitrogen and oxygen atoms in total. The van der Waals surface area contributed by atoms with Crippen LogP contribution in [-0.2, 0) is 11.4 Å². The number of carbonyl (C=O) groups excluding carboxylic acids is 1. The van der Waals surface area contributed by atoms with Gasteiger partial charge in [-0.2, -0.15) is 0 Å². The third-order valence-corrected chi connectivity index (χ3v) is 5.70. The Balaban J connectivity index is 1.83. The molecule has 1 amide bonds. The van der Waals surface area contributed by atoms with Crippen molar-refractivity contribution in [2.75, 3.05) is 13.2 Å². The Labute approximate surface area is 183 Å². The lowest BCUT2D eigenvalue weighted by atomic mass is 10.1. The van der Waals surface area contributed by atoms with E-state index in [4.69, 9.17) is 21.7 Å². The summed E-state index contributed by atoms with van der Waals surface area (Å²) in [4.78, 5) is 25.3. The number of para-hydroxylation sites is 1. The highest BCUT2D eigenvalue weighted by atomic mass is 32.2. The average molecular weight is 445 g/mol. The van der Waals surface area contributed by atoms with Gasteiger partial charge < -0.3 is 9.47 Å². The van der Waals surface area contributed by atoms with E-state index in [0.29, 0.717) is 39.4 Å². The van der Waals surface area contributed by atoms with E-state index in [2.05, 4.69) is 0 Å². The maximum atomic E-state index is 12.4.